The van der Waals surface area contributed by atoms with Crippen molar-refractivity contribution in [3.05, 3.63) is 69.7 Å². The SMILES string of the molecule is Fc1ccc(OCc2nnc(-c3cc(Br)nn3-c3ncccc3Cl)o2)cc1F. The molecule has 3 heterocycles. The molecule has 4 rings (SSSR count). The van der Waals surface area contributed by atoms with Crippen LogP contribution in [0.5, 0.6) is 5.75 Å². The molecule has 0 saturated carbocycles. The Labute approximate surface area is 170 Å². The van der Waals surface area contributed by atoms with Crippen LogP contribution in [0.25, 0.3) is 17.4 Å². The van der Waals surface area contributed by atoms with Crippen LogP contribution >= 0.6 is 27.5 Å². The summed E-state index contributed by atoms with van der Waals surface area (Å²) in [7, 11) is 0. The summed E-state index contributed by atoms with van der Waals surface area (Å²) in [6.07, 6.45) is 1.58. The Bertz CT molecular complexity index is 1150. The van der Waals surface area contributed by atoms with E-state index in [-0.39, 0.29) is 24.1 Å². The van der Waals surface area contributed by atoms with Gasteiger partial charge < -0.3 is 9.15 Å². The molecular formula is C17H9BrClF2N5O2. The number of rotatable bonds is 5. The predicted octanol–water partition coefficient (Wildman–Crippen LogP) is 4.59. The number of halogens is 4. The molecule has 0 aliphatic heterocycles. The summed E-state index contributed by atoms with van der Waals surface area (Å²) in [6, 6.07) is 8.24. The molecule has 0 fully saturated rings. The van der Waals surface area contributed by atoms with E-state index in [0.717, 1.165) is 12.1 Å². The van der Waals surface area contributed by atoms with E-state index in [4.69, 9.17) is 20.8 Å². The third kappa shape index (κ3) is 3.73. The molecule has 0 unspecified atom stereocenters. The first-order valence-electron chi connectivity index (χ1n) is 7.78. The fourth-order valence-electron chi connectivity index (χ4n) is 2.33. The van der Waals surface area contributed by atoms with Gasteiger partial charge in [-0.1, -0.05) is 11.6 Å². The number of aromatic nitrogens is 5. The van der Waals surface area contributed by atoms with Crippen LogP contribution in [0.4, 0.5) is 8.78 Å². The third-order valence-corrected chi connectivity index (χ3v) is 4.24. The van der Waals surface area contributed by atoms with Gasteiger partial charge in [-0.05, 0) is 40.2 Å². The highest BCUT2D eigenvalue weighted by molar-refractivity contribution is 9.10. The van der Waals surface area contributed by atoms with E-state index >= 15 is 0 Å². The standard InChI is InChI=1S/C17H9BrClF2N5O2/c18-14-7-13(26(25-14)16-10(19)2-1-5-22-16)17-24-23-15(28-17)8-27-9-3-4-11(20)12(21)6-9/h1-7H,8H2. The minimum atomic E-state index is -1.01. The zero-order valence-electron chi connectivity index (χ0n) is 13.8. The molecule has 0 radical (unpaired) electrons. The lowest BCUT2D eigenvalue weighted by Crippen LogP contribution is -2.02. The van der Waals surface area contributed by atoms with Crippen molar-refractivity contribution in [2.24, 2.45) is 0 Å². The maximum Gasteiger partial charge on any atom is 0.266 e. The number of hydrogen-bond donors (Lipinski definition) is 0. The smallest absolute Gasteiger partial charge is 0.266 e. The minimum Gasteiger partial charge on any atom is -0.484 e. The molecular weight excluding hydrogens is 460 g/mol. The largest absolute Gasteiger partial charge is 0.484 e. The minimum absolute atomic E-state index is 0.127. The number of nitrogens with zero attached hydrogens (tertiary/aromatic N) is 5. The number of benzene rings is 1. The molecule has 0 N–H and O–H groups in total. The van der Waals surface area contributed by atoms with Crippen LogP contribution in [0.2, 0.25) is 5.02 Å². The van der Waals surface area contributed by atoms with Gasteiger partial charge in [-0.25, -0.2) is 18.4 Å². The van der Waals surface area contributed by atoms with Crippen LogP contribution in [0.3, 0.4) is 0 Å². The van der Waals surface area contributed by atoms with Crippen molar-refractivity contribution in [1.82, 2.24) is 25.0 Å². The van der Waals surface area contributed by atoms with E-state index in [1.165, 1.54) is 10.7 Å². The summed E-state index contributed by atoms with van der Waals surface area (Å²) >= 11 is 9.49. The summed E-state index contributed by atoms with van der Waals surface area (Å²) in [4.78, 5) is 4.21. The van der Waals surface area contributed by atoms with Gasteiger partial charge in [-0.2, -0.15) is 5.10 Å². The molecule has 1 aromatic carbocycles. The van der Waals surface area contributed by atoms with Crippen molar-refractivity contribution >= 4 is 27.5 Å². The summed E-state index contributed by atoms with van der Waals surface area (Å²) in [5.41, 5.74) is 0.457. The van der Waals surface area contributed by atoms with Gasteiger partial charge in [-0.3, -0.25) is 0 Å². The van der Waals surface area contributed by atoms with Gasteiger partial charge in [-0.15, -0.1) is 10.2 Å². The average Bonchev–Trinajstić information content (AvgIpc) is 3.29. The fraction of sp³-hybridized carbons (Fsp3) is 0.0588. The van der Waals surface area contributed by atoms with Crippen molar-refractivity contribution in [3.8, 4) is 23.2 Å². The van der Waals surface area contributed by atoms with Crippen molar-refractivity contribution in [1.29, 1.82) is 0 Å². The molecule has 0 atom stereocenters. The van der Waals surface area contributed by atoms with E-state index in [9.17, 15) is 8.78 Å². The molecule has 0 aliphatic rings. The summed E-state index contributed by atoms with van der Waals surface area (Å²) in [5, 5.41) is 12.5. The molecule has 0 spiro atoms. The maximum absolute atomic E-state index is 13.2. The Balaban J connectivity index is 1.58. The Morgan fingerprint density at radius 2 is 2.00 bits per heavy atom. The topological polar surface area (TPSA) is 78.9 Å². The molecule has 28 heavy (non-hydrogen) atoms. The van der Waals surface area contributed by atoms with Gasteiger partial charge in [0.05, 0.1) is 5.02 Å². The molecule has 142 valence electrons. The van der Waals surface area contributed by atoms with E-state index in [1.807, 2.05) is 0 Å². The summed E-state index contributed by atoms with van der Waals surface area (Å²) < 4.78 is 39.1. The van der Waals surface area contributed by atoms with Gasteiger partial charge in [0.15, 0.2) is 24.1 Å². The first kappa shape index (κ1) is 18.5. The number of ether oxygens (including phenoxy) is 1. The van der Waals surface area contributed by atoms with Crippen LogP contribution in [-0.2, 0) is 6.61 Å². The highest BCUT2D eigenvalue weighted by Gasteiger charge is 2.19. The lowest BCUT2D eigenvalue weighted by molar-refractivity contribution is 0.262. The van der Waals surface area contributed by atoms with Crippen LogP contribution in [0.1, 0.15) is 5.89 Å². The van der Waals surface area contributed by atoms with E-state index in [1.54, 1.807) is 24.4 Å². The lowest BCUT2D eigenvalue weighted by atomic mass is 10.3. The van der Waals surface area contributed by atoms with Gasteiger partial charge in [0.2, 0.25) is 0 Å². The Morgan fingerprint density at radius 3 is 2.79 bits per heavy atom. The average molecular weight is 469 g/mol. The second-order valence-electron chi connectivity index (χ2n) is 5.44. The maximum atomic E-state index is 13.2. The highest BCUT2D eigenvalue weighted by atomic mass is 79.9. The Kier molecular flexibility index (Phi) is 5.05. The summed E-state index contributed by atoms with van der Waals surface area (Å²) in [6.45, 7) is -0.127. The predicted molar refractivity (Wildman–Crippen MR) is 98.1 cm³/mol. The zero-order chi connectivity index (χ0) is 19.7. The van der Waals surface area contributed by atoms with Crippen LogP contribution in [0, 0.1) is 11.6 Å². The zero-order valence-corrected chi connectivity index (χ0v) is 16.2. The molecule has 7 nitrogen and oxygen atoms in total. The molecule has 4 aromatic rings. The van der Waals surface area contributed by atoms with Gasteiger partial charge in [0.25, 0.3) is 11.8 Å². The molecule has 0 aliphatic carbocycles. The van der Waals surface area contributed by atoms with Gasteiger partial charge >= 0.3 is 0 Å². The van der Waals surface area contributed by atoms with E-state index in [2.05, 4.69) is 36.2 Å². The van der Waals surface area contributed by atoms with Crippen LogP contribution in [-0.4, -0.2) is 25.0 Å². The number of hydrogen-bond acceptors (Lipinski definition) is 6. The molecule has 0 amide bonds. The van der Waals surface area contributed by atoms with Gasteiger partial charge in [0, 0.05) is 18.3 Å². The van der Waals surface area contributed by atoms with Crippen LogP contribution in [0.15, 0.2) is 51.6 Å². The third-order valence-electron chi connectivity index (χ3n) is 3.56. The first-order valence-corrected chi connectivity index (χ1v) is 8.95. The second-order valence-corrected chi connectivity index (χ2v) is 6.66. The Morgan fingerprint density at radius 1 is 1.14 bits per heavy atom. The molecule has 11 heteroatoms. The summed E-state index contributed by atoms with van der Waals surface area (Å²) in [5.74, 6) is -1.15. The lowest BCUT2D eigenvalue weighted by Gasteiger charge is -2.05. The molecule has 0 bridgehead atoms. The van der Waals surface area contributed by atoms with Crippen molar-refractivity contribution < 1.29 is 17.9 Å². The quantitative estimate of drug-likeness (QED) is 0.426. The van der Waals surface area contributed by atoms with Crippen molar-refractivity contribution in [2.75, 3.05) is 0 Å². The van der Waals surface area contributed by atoms with Crippen molar-refractivity contribution in [2.45, 2.75) is 6.61 Å². The molecule has 3 aromatic heterocycles. The second kappa shape index (κ2) is 7.64. The van der Waals surface area contributed by atoms with E-state index in [0.29, 0.717) is 21.1 Å². The fourth-order valence-corrected chi connectivity index (χ4v) is 2.90. The monoisotopic (exact) mass is 467 g/mol. The highest BCUT2D eigenvalue weighted by Crippen LogP contribution is 2.27. The number of pyridine rings is 1. The Hall–Kier alpha value is -2.85. The normalized spacial score (nSPS) is 11.0. The van der Waals surface area contributed by atoms with Gasteiger partial charge in [0.1, 0.15) is 16.0 Å². The van der Waals surface area contributed by atoms with Crippen molar-refractivity contribution in [3.63, 3.8) is 0 Å². The van der Waals surface area contributed by atoms with E-state index < -0.39 is 11.6 Å². The first-order chi connectivity index (χ1) is 13.5. The van der Waals surface area contributed by atoms with Crippen LogP contribution < -0.4 is 4.74 Å². The molecule has 0 saturated heterocycles.